The zero-order chi connectivity index (χ0) is 22.8. The van der Waals surface area contributed by atoms with Gasteiger partial charge in [-0.15, -0.1) is 24.0 Å². The fourth-order valence-corrected chi connectivity index (χ4v) is 3.67. The average molecular weight is 567 g/mol. The SMILES string of the molecule is CCNC(=NCCNC(=O)c1cccc(OC)c1)N1CCN(c2ccccc2OC)CC1.I. The van der Waals surface area contributed by atoms with Crippen LogP contribution in [-0.2, 0) is 0 Å². The maximum Gasteiger partial charge on any atom is 0.251 e. The first kappa shape index (κ1) is 26.6. The largest absolute Gasteiger partial charge is 0.497 e. The molecule has 33 heavy (non-hydrogen) atoms. The monoisotopic (exact) mass is 567 g/mol. The second-order valence-electron chi connectivity index (χ2n) is 7.37. The standard InChI is InChI=1S/C24H33N5O3.HI/c1-4-25-24(27-13-12-26-23(30)19-8-7-9-20(18-19)31-2)29-16-14-28(15-17-29)21-10-5-6-11-22(21)32-3;/h5-11,18H,4,12-17H2,1-3H3,(H,25,27)(H,26,30);1H. The molecule has 3 rings (SSSR count). The minimum absolute atomic E-state index is 0. The number of ether oxygens (including phenoxy) is 2. The molecular formula is C24H34IN5O3. The molecule has 0 bridgehead atoms. The van der Waals surface area contributed by atoms with E-state index in [1.54, 1.807) is 32.4 Å². The molecule has 1 saturated heterocycles. The number of nitrogens with one attached hydrogen (secondary N) is 2. The van der Waals surface area contributed by atoms with E-state index < -0.39 is 0 Å². The summed E-state index contributed by atoms with van der Waals surface area (Å²) in [5.74, 6) is 2.31. The molecule has 0 aromatic heterocycles. The normalized spacial score (nSPS) is 13.7. The Balaban J connectivity index is 0.00000385. The van der Waals surface area contributed by atoms with Gasteiger partial charge in [-0.05, 0) is 37.3 Å². The van der Waals surface area contributed by atoms with Crippen molar-refractivity contribution < 1.29 is 14.3 Å². The van der Waals surface area contributed by atoms with Crippen molar-refractivity contribution in [1.29, 1.82) is 0 Å². The van der Waals surface area contributed by atoms with Crippen molar-refractivity contribution in [2.45, 2.75) is 6.92 Å². The van der Waals surface area contributed by atoms with Crippen LogP contribution in [0.3, 0.4) is 0 Å². The number of nitrogens with zero attached hydrogens (tertiary/aromatic N) is 3. The molecule has 0 spiro atoms. The first-order chi connectivity index (χ1) is 15.7. The van der Waals surface area contributed by atoms with Crippen LogP contribution in [0.1, 0.15) is 17.3 Å². The lowest BCUT2D eigenvalue weighted by molar-refractivity contribution is 0.0954. The van der Waals surface area contributed by atoms with Gasteiger partial charge in [-0.2, -0.15) is 0 Å². The lowest BCUT2D eigenvalue weighted by Gasteiger charge is -2.38. The molecule has 0 aliphatic carbocycles. The van der Waals surface area contributed by atoms with E-state index in [0.29, 0.717) is 24.4 Å². The van der Waals surface area contributed by atoms with E-state index in [4.69, 9.17) is 14.5 Å². The number of carbonyl (C=O) groups excluding carboxylic acids is 1. The van der Waals surface area contributed by atoms with Crippen LogP contribution in [0.25, 0.3) is 0 Å². The summed E-state index contributed by atoms with van der Waals surface area (Å²) in [5, 5.41) is 6.29. The van der Waals surface area contributed by atoms with Crippen LogP contribution >= 0.6 is 24.0 Å². The lowest BCUT2D eigenvalue weighted by Crippen LogP contribution is -2.52. The van der Waals surface area contributed by atoms with Gasteiger partial charge in [0.25, 0.3) is 5.91 Å². The number of amides is 1. The number of rotatable bonds is 8. The molecule has 8 nitrogen and oxygen atoms in total. The van der Waals surface area contributed by atoms with Gasteiger partial charge in [-0.3, -0.25) is 9.79 Å². The van der Waals surface area contributed by atoms with Gasteiger partial charge in [0.15, 0.2) is 5.96 Å². The molecule has 1 heterocycles. The number of aliphatic imine (C=N–C) groups is 1. The van der Waals surface area contributed by atoms with E-state index >= 15 is 0 Å². The predicted octanol–water partition coefficient (Wildman–Crippen LogP) is 2.84. The number of piperazine rings is 1. The maximum atomic E-state index is 12.4. The molecule has 1 aliphatic rings. The third-order valence-electron chi connectivity index (χ3n) is 5.33. The van der Waals surface area contributed by atoms with E-state index in [0.717, 1.165) is 50.1 Å². The molecule has 9 heteroatoms. The van der Waals surface area contributed by atoms with Gasteiger partial charge in [0.05, 0.1) is 26.5 Å². The summed E-state index contributed by atoms with van der Waals surface area (Å²) in [6.07, 6.45) is 0. The number of benzene rings is 2. The highest BCUT2D eigenvalue weighted by Crippen LogP contribution is 2.28. The third kappa shape index (κ3) is 7.41. The molecule has 2 aromatic rings. The van der Waals surface area contributed by atoms with Crippen molar-refractivity contribution >= 4 is 41.5 Å². The molecule has 1 aliphatic heterocycles. The van der Waals surface area contributed by atoms with E-state index in [1.165, 1.54) is 0 Å². The van der Waals surface area contributed by atoms with Crippen LogP contribution in [0, 0.1) is 0 Å². The average Bonchev–Trinajstić information content (AvgIpc) is 2.86. The Kier molecular flexibility index (Phi) is 11.1. The number of para-hydroxylation sites is 2. The first-order valence-electron chi connectivity index (χ1n) is 11.0. The van der Waals surface area contributed by atoms with E-state index in [1.807, 2.05) is 24.3 Å². The fourth-order valence-electron chi connectivity index (χ4n) is 3.67. The van der Waals surface area contributed by atoms with Crippen molar-refractivity contribution in [3.8, 4) is 11.5 Å². The van der Waals surface area contributed by atoms with Crippen molar-refractivity contribution in [2.24, 2.45) is 4.99 Å². The molecule has 0 saturated carbocycles. The zero-order valence-corrected chi connectivity index (χ0v) is 21.9. The van der Waals surface area contributed by atoms with Gasteiger partial charge < -0.3 is 29.9 Å². The van der Waals surface area contributed by atoms with Crippen LogP contribution in [0.4, 0.5) is 5.69 Å². The molecule has 180 valence electrons. The van der Waals surface area contributed by atoms with E-state index in [2.05, 4.69) is 33.4 Å². The Labute approximate surface area is 213 Å². The zero-order valence-electron chi connectivity index (χ0n) is 19.5. The second kappa shape index (κ2) is 13.8. The van der Waals surface area contributed by atoms with Crippen molar-refractivity contribution in [1.82, 2.24) is 15.5 Å². The Bertz CT molecular complexity index is 916. The van der Waals surface area contributed by atoms with Gasteiger partial charge in [0.1, 0.15) is 11.5 Å². The number of hydrogen-bond donors (Lipinski definition) is 2. The number of hydrogen-bond acceptors (Lipinski definition) is 5. The molecular weight excluding hydrogens is 533 g/mol. The lowest BCUT2D eigenvalue weighted by atomic mass is 10.2. The summed E-state index contributed by atoms with van der Waals surface area (Å²) in [4.78, 5) is 21.7. The Morgan fingerprint density at radius 3 is 2.45 bits per heavy atom. The quantitative estimate of drug-likeness (QED) is 0.221. The maximum absolute atomic E-state index is 12.4. The molecule has 1 fully saturated rings. The van der Waals surface area contributed by atoms with Crippen molar-refractivity contribution in [3.63, 3.8) is 0 Å². The Morgan fingerprint density at radius 1 is 1.00 bits per heavy atom. The summed E-state index contributed by atoms with van der Waals surface area (Å²) in [5.41, 5.74) is 1.70. The van der Waals surface area contributed by atoms with Gasteiger partial charge >= 0.3 is 0 Å². The number of methoxy groups -OCH3 is 2. The number of guanidine groups is 1. The number of carbonyl (C=O) groups is 1. The van der Waals surface area contributed by atoms with Gasteiger partial charge in [-0.1, -0.05) is 18.2 Å². The molecule has 2 aromatic carbocycles. The summed E-state index contributed by atoms with van der Waals surface area (Å²) in [6, 6.07) is 15.2. The third-order valence-corrected chi connectivity index (χ3v) is 5.33. The fraction of sp³-hybridized carbons (Fsp3) is 0.417. The minimum atomic E-state index is -0.130. The topological polar surface area (TPSA) is 78.4 Å². The molecule has 2 N–H and O–H groups in total. The molecule has 0 atom stereocenters. The van der Waals surface area contributed by atoms with Crippen LogP contribution < -0.4 is 25.0 Å². The molecule has 1 amide bonds. The van der Waals surface area contributed by atoms with Gasteiger partial charge in [-0.25, -0.2) is 0 Å². The van der Waals surface area contributed by atoms with Crippen LogP contribution in [-0.4, -0.2) is 76.8 Å². The summed E-state index contributed by atoms with van der Waals surface area (Å²) in [7, 11) is 3.29. The smallest absolute Gasteiger partial charge is 0.251 e. The first-order valence-corrected chi connectivity index (χ1v) is 11.0. The summed E-state index contributed by atoms with van der Waals surface area (Å²) in [6.45, 7) is 7.32. The predicted molar refractivity (Wildman–Crippen MR) is 144 cm³/mol. The minimum Gasteiger partial charge on any atom is -0.497 e. The highest BCUT2D eigenvalue weighted by Gasteiger charge is 2.21. The second-order valence-corrected chi connectivity index (χ2v) is 7.37. The van der Waals surface area contributed by atoms with Crippen LogP contribution in [0.5, 0.6) is 11.5 Å². The van der Waals surface area contributed by atoms with Gasteiger partial charge in [0, 0.05) is 44.8 Å². The molecule has 0 unspecified atom stereocenters. The molecule has 0 radical (unpaired) electrons. The highest BCUT2D eigenvalue weighted by molar-refractivity contribution is 14.0. The van der Waals surface area contributed by atoms with Crippen LogP contribution in [0.2, 0.25) is 0 Å². The van der Waals surface area contributed by atoms with E-state index in [-0.39, 0.29) is 29.9 Å². The Morgan fingerprint density at radius 2 is 1.76 bits per heavy atom. The summed E-state index contributed by atoms with van der Waals surface area (Å²) >= 11 is 0. The van der Waals surface area contributed by atoms with E-state index in [9.17, 15) is 4.79 Å². The highest BCUT2D eigenvalue weighted by atomic mass is 127. The van der Waals surface area contributed by atoms with Crippen molar-refractivity contribution in [3.05, 3.63) is 54.1 Å². The number of halogens is 1. The summed E-state index contributed by atoms with van der Waals surface area (Å²) < 4.78 is 10.7. The number of anilines is 1. The van der Waals surface area contributed by atoms with Crippen molar-refractivity contribution in [2.75, 3.05) is 64.9 Å². The Hall–Kier alpha value is -2.69. The van der Waals surface area contributed by atoms with Crippen LogP contribution in [0.15, 0.2) is 53.5 Å². The van der Waals surface area contributed by atoms with Gasteiger partial charge in [0.2, 0.25) is 0 Å².